The second kappa shape index (κ2) is 7.03. The Morgan fingerprint density at radius 1 is 1.38 bits per heavy atom. The monoisotopic (exact) mass is 291 g/mol. The molecule has 2 rings (SSSR count). The SMILES string of the molecule is CCOc1cccc(N)c1-c1nnnn1C(C)CCOC. The van der Waals surface area contributed by atoms with Gasteiger partial charge >= 0.3 is 0 Å². The van der Waals surface area contributed by atoms with E-state index >= 15 is 0 Å². The smallest absolute Gasteiger partial charge is 0.188 e. The third-order valence-corrected chi connectivity index (χ3v) is 3.23. The summed E-state index contributed by atoms with van der Waals surface area (Å²) in [5, 5.41) is 12.0. The zero-order valence-electron chi connectivity index (χ0n) is 12.6. The normalized spacial score (nSPS) is 12.3. The molecule has 1 heterocycles. The van der Waals surface area contributed by atoms with Gasteiger partial charge in [0, 0.05) is 19.4 Å². The van der Waals surface area contributed by atoms with Crippen LogP contribution in [0.4, 0.5) is 5.69 Å². The van der Waals surface area contributed by atoms with Gasteiger partial charge in [0.2, 0.25) is 0 Å². The lowest BCUT2D eigenvalue weighted by molar-refractivity contribution is 0.178. The third-order valence-electron chi connectivity index (χ3n) is 3.23. The molecule has 0 spiro atoms. The van der Waals surface area contributed by atoms with E-state index in [2.05, 4.69) is 15.5 Å². The van der Waals surface area contributed by atoms with Gasteiger partial charge in [0.15, 0.2) is 5.82 Å². The number of ether oxygens (including phenoxy) is 2. The summed E-state index contributed by atoms with van der Waals surface area (Å²) in [5.74, 6) is 1.30. The van der Waals surface area contributed by atoms with Crippen molar-refractivity contribution in [3.8, 4) is 17.1 Å². The predicted molar refractivity (Wildman–Crippen MR) is 80.0 cm³/mol. The summed E-state index contributed by atoms with van der Waals surface area (Å²) in [4.78, 5) is 0. The molecule has 1 aromatic heterocycles. The van der Waals surface area contributed by atoms with Crippen molar-refractivity contribution in [2.45, 2.75) is 26.3 Å². The first-order valence-corrected chi connectivity index (χ1v) is 6.97. The molecule has 0 aliphatic rings. The summed E-state index contributed by atoms with van der Waals surface area (Å²) >= 11 is 0. The second-order valence-corrected chi connectivity index (χ2v) is 4.73. The minimum absolute atomic E-state index is 0.101. The number of hydrogen-bond donors (Lipinski definition) is 1. The molecule has 1 aromatic carbocycles. The maximum atomic E-state index is 6.10. The molecule has 0 amide bonds. The quantitative estimate of drug-likeness (QED) is 0.784. The Bertz CT molecular complexity index is 584. The Labute approximate surface area is 124 Å². The van der Waals surface area contributed by atoms with Crippen LogP contribution in [0.2, 0.25) is 0 Å². The maximum Gasteiger partial charge on any atom is 0.188 e. The van der Waals surface area contributed by atoms with Crippen LogP contribution < -0.4 is 10.5 Å². The number of aromatic nitrogens is 4. The molecule has 7 nitrogen and oxygen atoms in total. The first-order valence-electron chi connectivity index (χ1n) is 6.97. The first kappa shape index (κ1) is 15.2. The highest BCUT2D eigenvalue weighted by atomic mass is 16.5. The van der Waals surface area contributed by atoms with Crippen molar-refractivity contribution in [3.05, 3.63) is 18.2 Å². The summed E-state index contributed by atoms with van der Waals surface area (Å²) in [7, 11) is 1.68. The van der Waals surface area contributed by atoms with Crippen LogP contribution in [0.15, 0.2) is 18.2 Å². The zero-order chi connectivity index (χ0) is 15.2. The van der Waals surface area contributed by atoms with Gasteiger partial charge in [-0.3, -0.25) is 0 Å². The van der Waals surface area contributed by atoms with E-state index in [1.165, 1.54) is 0 Å². The standard InChI is InChI=1S/C14H21N5O2/c1-4-21-12-7-5-6-11(15)13(12)14-16-17-18-19(14)10(2)8-9-20-3/h5-7,10H,4,8-9,15H2,1-3H3. The number of nitrogen functional groups attached to an aromatic ring is 1. The minimum Gasteiger partial charge on any atom is -0.493 e. The fourth-order valence-corrected chi connectivity index (χ4v) is 2.13. The molecule has 1 unspecified atom stereocenters. The number of hydrogen-bond acceptors (Lipinski definition) is 6. The van der Waals surface area contributed by atoms with E-state index in [-0.39, 0.29) is 6.04 Å². The Balaban J connectivity index is 2.41. The fraction of sp³-hybridized carbons (Fsp3) is 0.500. The van der Waals surface area contributed by atoms with Gasteiger partial charge in [-0.15, -0.1) is 5.10 Å². The lowest BCUT2D eigenvalue weighted by atomic mass is 10.1. The number of methoxy groups -OCH3 is 1. The fourth-order valence-electron chi connectivity index (χ4n) is 2.13. The molecule has 2 aromatic rings. The van der Waals surface area contributed by atoms with Crippen molar-refractivity contribution >= 4 is 5.69 Å². The van der Waals surface area contributed by atoms with Crippen molar-refractivity contribution in [3.63, 3.8) is 0 Å². The third kappa shape index (κ3) is 3.30. The molecule has 0 radical (unpaired) electrons. The number of nitrogens with two attached hydrogens (primary N) is 1. The van der Waals surface area contributed by atoms with E-state index in [1.807, 2.05) is 32.0 Å². The van der Waals surface area contributed by atoms with Crippen LogP contribution in [-0.2, 0) is 4.74 Å². The van der Waals surface area contributed by atoms with E-state index in [0.29, 0.717) is 30.5 Å². The molecule has 21 heavy (non-hydrogen) atoms. The average Bonchev–Trinajstić information content (AvgIpc) is 2.94. The van der Waals surface area contributed by atoms with Gasteiger partial charge in [-0.25, -0.2) is 4.68 Å². The van der Waals surface area contributed by atoms with Gasteiger partial charge in [-0.2, -0.15) is 0 Å². The van der Waals surface area contributed by atoms with Crippen LogP contribution in [0.5, 0.6) is 5.75 Å². The zero-order valence-corrected chi connectivity index (χ0v) is 12.6. The van der Waals surface area contributed by atoms with Gasteiger partial charge in [-0.05, 0) is 42.8 Å². The minimum atomic E-state index is 0.101. The highest BCUT2D eigenvalue weighted by molar-refractivity contribution is 5.77. The van der Waals surface area contributed by atoms with Crippen molar-refractivity contribution in [1.82, 2.24) is 20.2 Å². The van der Waals surface area contributed by atoms with Crippen LogP contribution in [0, 0.1) is 0 Å². The van der Waals surface area contributed by atoms with Crippen LogP contribution in [0.25, 0.3) is 11.4 Å². The average molecular weight is 291 g/mol. The Morgan fingerprint density at radius 3 is 2.90 bits per heavy atom. The summed E-state index contributed by atoms with van der Waals surface area (Å²) in [6, 6.07) is 5.64. The second-order valence-electron chi connectivity index (χ2n) is 4.73. The van der Waals surface area contributed by atoms with Crippen LogP contribution >= 0.6 is 0 Å². The lowest BCUT2D eigenvalue weighted by Crippen LogP contribution is -2.12. The summed E-state index contributed by atoms with van der Waals surface area (Å²) in [6.07, 6.45) is 0.811. The maximum absolute atomic E-state index is 6.10. The van der Waals surface area contributed by atoms with Crippen molar-refractivity contribution in [2.75, 3.05) is 26.1 Å². The van der Waals surface area contributed by atoms with E-state index in [9.17, 15) is 0 Å². The van der Waals surface area contributed by atoms with Crippen LogP contribution in [0.1, 0.15) is 26.3 Å². The van der Waals surface area contributed by atoms with Crippen LogP contribution in [0.3, 0.4) is 0 Å². The highest BCUT2D eigenvalue weighted by Gasteiger charge is 2.20. The van der Waals surface area contributed by atoms with Crippen molar-refractivity contribution in [1.29, 1.82) is 0 Å². The first-order chi connectivity index (χ1) is 10.2. The number of benzene rings is 1. The molecular formula is C14H21N5O2. The highest BCUT2D eigenvalue weighted by Crippen LogP contribution is 2.34. The molecule has 2 N–H and O–H groups in total. The molecule has 0 fully saturated rings. The largest absolute Gasteiger partial charge is 0.493 e. The predicted octanol–water partition coefficient (Wildman–Crippen LogP) is 1.92. The molecule has 0 saturated heterocycles. The molecule has 0 saturated carbocycles. The number of tetrazole rings is 1. The molecule has 0 bridgehead atoms. The molecular weight excluding hydrogens is 270 g/mol. The summed E-state index contributed by atoms with van der Waals surface area (Å²) in [6.45, 7) is 5.16. The van der Waals surface area contributed by atoms with Gasteiger partial charge < -0.3 is 15.2 Å². The Morgan fingerprint density at radius 2 is 2.19 bits per heavy atom. The Kier molecular flexibility index (Phi) is 5.10. The Hall–Kier alpha value is -2.15. The van der Waals surface area contributed by atoms with E-state index < -0.39 is 0 Å². The molecule has 1 atom stereocenters. The summed E-state index contributed by atoms with van der Waals surface area (Å²) in [5.41, 5.74) is 7.42. The van der Waals surface area contributed by atoms with E-state index in [0.717, 1.165) is 12.0 Å². The van der Waals surface area contributed by atoms with E-state index in [1.54, 1.807) is 11.8 Å². The van der Waals surface area contributed by atoms with Gasteiger partial charge in [0.25, 0.3) is 0 Å². The topological polar surface area (TPSA) is 88.1 Å². The number of nitrogens with zero attached hydrogens (tertiary/aromatic N) is 4. The molecule has 0 aliphatic carbocycles. The van der Waals surface area contributed by atoms with Gasteiger partial charge in [-0.1, -0.05) is 6.07 Å². The van der Waals surface area contributed by atoms with Gasteiger partial charge in [0.05, 0.1) is 18.2 Å². The number of anilines is 1. The van der Waals surface area contributed by atoms with Crippen molar-refractivity contribution in [2.24, 2.45) is 0 Å². The molecule has 114 valence electrons. The summed E-state index contributed by atoms with van der Waals surface area (Å²) < 4.78 is 12.5. The van der Waals surface area contributed by atoms with Gasteiger partial charge in [0.1, 0.15) is 5.75 Å². The number of rotatable bonds is 7. The molecule has 0 aliphatic heterocycles. The van der Waals surface area contributed by atoms with E-state index in [4.69, 9.17) is 15.2 Å². The van der Waals surface area contributed by atoms with Crippen LogP contribution in [-0.4, -0.2) is 40.5 Å². The lowest BCUT2D eigenvalue weighted by Gasteiger charge is -2.16. The molecule has 7 heteroatoms. The van der Waals surface area contributed by atoms with Crippen molar-refractivity contribution < 1.29 is 9.47 Å².